The number of hydrogen-bond donors (Lipinski definition) is 0. The summed E-state index contributed by atoms with van der Waals surface area (Å²) in [6, 6.07) is 0. The van der Waals surface area contributed by atoms with E-state index in [0.717, 1.165) is 12.8 Å². The van der Waals surface area contributed by atoms with Crippen molar-refractivity contribution in [3.63, 3.8) is 0 Å². The summed E-state index contributed by atoms with van der Waals surface area (Å²) in [6.45, 7) is 18.7. The number of rotatable bonds is 4. The molecule has 0 spiro atoms. The molecule has 0 unspecified atom stereocenters. The third-order valence-corrected chi connectivity index (χ3v) is 7.87. The Balaban J connectivity index is 3.44. The first-order valence-electron chi connectivity index (χ1n) is 7.80. The molecule has 0 bridgehead atoms. The molecular formula is C18H32OP. The van der Waals surface area contributed by atoms with Gasteiger partial charge in [-0.3, -0.25) is 0 Å². The van der Waals surface area contributed by atoms with E-state index < -0.39 is 0 Å². The topological polar surface area (TPSA) is 19.9 Å². The van der Waals surface area contributed by atoms with E-state index in [1.165, 1.54) is 17.3 Å². The van der Waals surface area contributed by atoms with E-state index >= 15 is 0 Å². The third kappa shape index (κ3) is 3.68. The monoisotopic (exact) mass is 295 g/mol. The lowest BCUT2D eigenvalue weighted by Gasteiger charge is -2.26. The van der Waals surface area contributed by atoms with Gasteiger partial charge >= 0.3 is 0 Å². The molecule has 0 aliphatic rings. The van der Waals surface area contributed by atoms with Gasteiger partial charge in [-0.2, -0.15) is 0 Å². The summed E-state index contributed by atoms with van der Waals surface area (Å²) in [5, 5.41) is 14.1. The second kappa shape index (κ2) is 6.24. The molecule has 115 valence electrons. The van der Waals surface area contributed by atoms with Gasteiger partial charge in [-0.15, -0.1) is 7.53 Å². The standard InChI is InChI=1S/C18H32OP/c1-13-14(2)16(18(6,7)8)20(12-10-9-11-19)15(13)17(3,4)5/h9-12H2,1-8H3. The van der Waals surface area contributed by atoms with Gasteiger partial charge < -0.3 is 0 Å². The zero-order valence-corrected chi connectivity index (χ0v) is 15.6. The lowest BCUT2D eigenvalue weighted by atomic mass is 9.87. The zero-order valence-electron chi connectivity index (χ0n) is 14.7. The summed E-state index contributed by atoms with van der Waals surface area (Å²) in [6.07, 6.45) is 3.10. The van der Waals surface area contributed by atoms with Crippen LogP contribution in [0, 0.1) is 13.8 Å². The maximum atomic E-state index is 10.8. The minimum atomic E-state index is -0.218. The Hall–Kier alpha value is -0.260. The van der Waals surface area contributed by atoms with Crippen LogP contribution in [0.4, 0.5) is 0 Å². The van der Waals surface area contributed by atoms with Crippen molar-refractivity contribution >= 4 is 7.53 Å². The van der Waals surface area contributed by atoms with E-state index in [4.69, 9.17) is 0 Å². The van der Waals surface area contributed by atoms with Crippen molar-refractivity contribution in [1.82, 2.24) is 0 Å². The summed E-state index contributed by atoms with van der Waals surface area (Å²) in [4.78, 5) is 0. The molecule has 0 N–H and O–H groups in total. The molecule has 1 aromatic rings. The molecule has 0 aromatic carbocycles. The molecule has 0 atom stereocenters. The van der Waals surface area contributed by atoms with E-state index in [1.807, 2.05) is 0 Å². The summed E-state index contributed by atoms with van der Waals surface area (Å²) in [5.41, 5.74) is 3.52. The van der Waals surface area contributed by atoms with Crippen LogP contribution in [-0.2, 0) is 22.1 Å². The minimum absolute atomic E-state index is 0.0737. The van der Waals surface area contributed by atoms with Gasteiger partial charge in [0.05, 0.1) is 6.61 Å². The molecule has 0 fully saturated rings. The molecule has 0 aliphatic heterocycles. The van der Waals surface area contributed by atoms with Crippen LogP contribution in [0.3, 0.4) is 0 Å². The highest BCUT2D eigenvalue weighted by atomic mass is 31.1. The molecule has 1 nitrogen and oxygen atoms in total. The van der Waals surface area contributed by atoms with E-state index in [9.17, 15) is 5.11 Å². The Morgan fingerprint density at radius 2 is 1.20 bits per heavy atom. The van der Waals surface area contributed by atoms with Crippen LogP contribution >= 0.6 is 7.53 Å². The van der Waals surface area contributed by atoms with Gasteiger partial charge in [-0.1, -0.05) is 41.5 Å². The highest BCUT2D eigenvalue weighted by Gasteiger charge is 2.31. The molecule has 1 aromatic heterocycles. The van der Waals surface area contributed by atoms with Crippen LogP contribution in [0.15, 0.2) is 0 Å². The summed E-state index contributed by atoms with van der Waals surface area (Å²) in [7, 11) is -0.218. The van der Waals surface area contributed by atoms with Crippen molar-refractivity contribution in [3.8, 4) is 0 Å². The Labute approximate surface area is 126 Å². The van der Waals surface area contributed by atoms with Crippen molar-refractivity contribution < 1.29 is 5.11 Å². The lowest BCUT2D eigenvalue weighted by molar-refractivity contribution is 0.187. The molecule has 0 saturated carbocycles. The van der Waals surface area contributed by atoms with Crippen LogP contribution in [0.1, 0.15) is 76.1 Å². The Morgan fingerprint density at radius 1 is 0.800 bits per heavy atom. The molecule has 0 aliphatic carbocycles. The SMILES string of the molecule is Cc1c(C)c(C(C)(C)C)p(CCCC[O])c1C(C)(C)C. The molecule has 1 heterocycles. The minimum Gasteiger partial charge on any atom is -0.237 e. The molecule has 0 amide bonds. The van der Waals surface area contributed by atoms with Crippen LogP contribution < -0.4 is 0 Å². The smallest absolute Gasteiger partial charge is 0.0822 e. The van der Waals surface area contributed by atoms with Gasteiger partial charge in [-0.05, 0) is 65.4 Å². The predicted molar refractivity (Wildman–Crippen MR) is 90.8 cm³/mol. The van der Waals surface area contributed by atoms with Gasteiger partial charge in [0.2, 0.25) is 0 Å². The highest BCUT2D eigenvalue weighted by molar-refractivity contribution is 7.51. The Bertz CT molecular complexity index is 418. The lowest BCUT2D eigenvalue weighted by Crippen LogP contribution is -2.12. The number of unbranched alkanes of at least 4 members (excludes halogenated alkanes) is 1. The van der Waals surface area contributed by atoms with Crippen LogP contribution in [0.5, 0.6) is 0 Å². The third-order valence-electron chi connectivity index (χ3n) is 4.01. The highest BCUT2D eigenvalue weighted by Crippen LogP contribution is 2.55. The summed E-state index contributed by atoms with van der Waals surface area (Å²) < 4.78 is 0. The largest absolute Gasteiger partial charge is 0.237 e. The fourth-order valence-corrected chi connectivity index (χ4v) is 7.38. The van der Waals surface area contributed by atoms with Gasteiger partial charge in [0.15, 0.2) is 0 Å². The van der Waals surface area contributed by atoms with Crippen molar-refractivity contribution in [2.75, 3.05) is 6.61 Å². The van der Waals surface area contributed by atoms with Crippen molar-refractivity contribution in [2.24, 2.45) is 0 Å². The van der Waals surface area contributed by atoms with E-state index in [-0.39, 0.29) is 25.0 Å². The first-order chi connectivity index (χ1) is 9.01. The molecule has 0 saturated heterocycles. The van der Waals surface area contributed by atoms with E-state index in [1.54, 1.807) is 10.6 Å². The van der Waals surface area contributed by atoms with E-state index in [0.29, 0.717) is 0 Å². The fourth-order valence-electron chi connectivity index (χ4n) is 3.40. The van der Waals surface area contributed by atoms with Crippen LogP contribution in [0.25, 0.3) is 0 Å². The van der Waals surface area contributed by atoms with Gasteiger partial charge in [0, 0.05) is 0 Å². The summed E-state index contributed by atoms with van der Waals surface area (Å²) in [5.74, 6) is 0. The zero-order chi connectivity index (χ0) is 15.7. The molecular weight excluding hydrogens is 263 g/mol. The average Bonchev–Trinajstić information content (AvgIpc) is 2.50. The number of hydrogen-bond acceptors (Lipinski definition) is 0. The molecule has 1 rings (SSSR count). The second-order valence-corrected chi connectivity index (χ2v) is 10.2. The first kappa shape index (κ1) is 17.8. The molecule has 2 heteroatoms. The maximum absolute atomic E-state index is 10.8. The predicted octanol–water partition coefficient (Wildman–Crippen LogP) is 6.10. The Kier molecular flexibility index (Phi) is 5.55. The second-order valence-electron chi connectivity index (χ2n) is 8.01. The van der Waals surface area contributed by atoms with Crippen molar-refractivity contribution in [1.29, 1.82) is 0 Å². The molecule has 1 radical (unpaired) electrons. The van der Waals surface area contributed by atoms with Crippen LogP contribution in [-0.4, -0.2) is 6.61 Å². The Morgan fingerprint density at radius 3 is 1.50 bits per heavy atom. The van der Waals surface area contributed by atoms with Gasteiger partial charge in [0.25, 0.3) is 0 Å². The fraction of sp³-hybridized carbons (Fsp3) is 0.778. The van der Waals surface area contributed by atoms with Crippen molar-refractivity contribution in [3.05, 3.63) is 21.7 Å². The first-order valence-corrected chi connectivity index (χ1v) is 9.33. The summed E-state index contributed by atoms with van der Waals surface area (Å²) >= 11 is 0. The van der Waals surface area contributed by atoms with Crippen molar-refractivity contribution in [2.45, 2.75) is 85.2 Å². The van der Waals surface area contributed by atoms with Gasteiger partial charge in [0.1, 0.15) is 0 Å². The average molecular weight is 295 g/mol. The van der Waals surface area contributed by atoms with E-state index in [2.05, 4.69) is 55.4 Å². The molecule has 20 heavy (non-hydrogen) atoms. The van der Waals surface area contributed by atoms with Crippen LogP contribution in [0.2, 0.25) is 0 Å². The van der Waals surface area contributed by atoms with Gasteiger partial charge in [-0.25, -0.2) is 5.11 Å². The normalized spacial score (nSPS) is 13.1. The maximum Gasteiger partial charge on any atom is 0.0822 e. The quantitative estimate of drug-likeness (QED) is 0.598.